The van der Waals surface area contributed by atoms with Crippen LogP contribution in [0.5, 0.6) is 11.5 Å². The third-order valence-electron chi connectivity index (χ3n) is 7.34. The van der Waals surface area contributed by atoms with Crippen LogP contribution in [0.15, 0.2) is 77.9 Å². The normalized spacial score (nSPS) is 10.6. The largest absolute Gasteiger partial charge is 0.496 e. The molecule has 18 heteroatoms. The van der Waals surface area contributed by atoms with Gasteiger partial charge in [-0.05, 0) is 36.4 Å². The molecule has 0 aliphatic heterocycles. The van der Waals surface area contributed by atoms with E-state index in [4.69, 9.17) is 21.1 Å². The molecule has 3 N–H and O–H groups in total. The van der Waals surface area contributed by atoms with Gasteiger partial charge in [-0.15, -0.1) is 0 Å². The summed E-state index contributed by atoms with van der Waals surface area (Å²) in [4.78, 5) is 42.6. The number of ether oxygens (including phenoxy) is 2. The number of hydrogen-bond donors (Lipinski definition) is 3. The minimum absolute atomic E-state index is 0.0258. The number of pyridine rings is 2. The van der Waals surface area contributed by atoms with Gasteiger partial charge in [-0.25, -0.2) is 22.5 Å². The highest BCUT2D eigenvalue weighted by atomic mass is 35.5. The molecule has 2 aromatic carbocycles. The molecule has 0 bridgehead atoms. The molecular formula is C34H27ClF4N8O5. The van der Waals surface area contributed by atoms with Gasteiger partial charge in [0.2, 0.25) is 0 Å². The number of nitrogens with one attached hydrogen (secondary N) is 3. The van der Waals surface area contributed by atoms with Crippen LogP contribution in [0.25, 0.3) is 22.5 Å². The van der Waals surface area contributed by atoms with E-state index in [9.17, 15) is 31.9 Å². The van der Waals surface area contributed by atoms with Crippen molar-refractivity contribution in [2.75, 3.05) is 24.9 Å². The van der Waals surface area contributed by atoms with Crippen molar-refractivity contribution in [2.24, 2.45) is 14.1 Å². The molecular weight excluding hydrogens is 712 g/mol. The van der Waals surface area contributed by atoms with Crippen LogP contribution in [-0.4, -0.2) is 55.6 Å². The molecule has 52 heavy (non-hydrogen) atoms. The predicted octanol–water partition coefficient (Wildman–Crippen LogP) is 5.99. The van der Waals surface area contributed by atoms with Gasteiger partial charge in [0.15, 0.2) is 11.4 Å². The summed E-state index contributed by atoms with van der Waals surface area (Å²) < 4.78 is 68.0. The lowest BCUT2D eigenvalue weighted by Gasteiger charge is -2.08. The van der Waals surface area contributed by atoms with E-state index in [0.29, 0.717) is 34.0 Å². The molecule has 2 amide bonds. The molecule has 0 unspecified atom stereocenters. The molecule has 4 heterocycles. The minimum atomic E-state index is -0.892. The lowest BCUT2D eigenvalue weighted by atomic mass is 10.1. The Labute approximate surface area is 296 Å². The first-order chi connectivity index (χ1) is 24.8. The first-order valence-electron chi connectivity index (χ1n) is 14.9. The van der Waals surface area contributed by atoms with Crippen molar-refractivity contribution >= 4 is 34.8 Å². The molecule has 0 spiro atoms. The lowest BCUT2D eigenvalue weighted by molar-refractivity contribution is 0.101. The van der Waals surface area contributed by atoms with E-state index in [0.717, 1.165) is 24.3 Å². The number of carbonyl (C=O) groups is 2. The van der Waals surface area contributed by atoms with Crippen LogP contribution in [0, 0.1) is 23.3 Å². The van der Waals surface area contributed by atoms with E-state index in [-0.39, 0.29) is 22.1 Å². The smallest absolute Gasteiger partial charge is 0.276 e. The number of aromatic nitrogens is 6. The van der Waals surface area contributed by atoms with Gasteiger partial charge in [-0.3, -0.25) is 23.7 Å². The first-order valence-corrected chi connectivity index (χ1v) is 15.2. The van der Waals surface area contributed by atoms with Crippen LogP contribution in [-0.2, 0) is 14.1 Å². The minimum Gasteiger partial charge on any atom is -0.496 e. The summed E-state index contributed by atoms with van der Waals surface area (Å²) in [7, 11) is 6.08. The Hall–Kier alpha value is -6.49. The van der Waals surface area contributed by atoms with Crippen LogP contribution in [0.4, 0.5) is 28.9 Å². The van der Waals surface area contributed by atoms with Gasteiger partial charge in [0, 0.05) is 38.6 Å². The third-order valence-corrected chi connectivity index (χ3v) is 7.54. The van der Waals surface area contributed by atoms with Crippen LogP contribution >= 0.6 is 11.6 Å². The summed E-state index contributed by atoms with van der Waals surface area (Å²) in [5.41, 5.74) is 0.534. The highest BCUT2D eigenvalue weighted by Crippen LogP contribution is 2.32. The fraction of sp³-hybridized carbons (Fsp3) is 0.118. The van der Waals surface area contributed by atoms with Gasteiger partial charge < -0.3 is 25.1 Å². The standard InChI is InChI=1S/C17H13ClF2N4O2.C17H14F2N4O3/c1-24-13(9-8-21-15(18)7-14(9)26-2)6-12(23-24)17(25)22-16-10(19)4-3-5-11(16)20;1-23-13(9-8-20-15(24)7-14(9)26-2)6-12(22-23)17(25)21-16-10(18)4-3-5-11(16)19/h3-8H,1-2H3,(H,22,25);3-8H,1-2H3,(H,20,24)(H,21,25). The lowest BCUT2D eigenvalue weighted by Crippen LogP contribution is -2.15. The highest BCUT2D eigenvalue weighted by Gasteiger charge is 2.21. The maximum absolute atomic E-state index is 13.7. The number of benzene rings is 2. The second kappa shape index (κ2) is 15.6. The second-order valence-corrected chi connectivity index (χ2v) is 11.1. The zero-order valence-corrected chi connectivity index (χ0v) is 28.4. The molecule has 0 saturated carbocycles. The zero-order chi connectivity index (χ0) is 37.7. The monoisotopic (exact) mass is 738 g/mol. The van der Waals surface area contributed by atoms with E-state index in [1.54, 1.807) is 14.1 Å². The maximum Gasteiger partial charge on any atom is 0.276 e. The van der Waals surface area contributed by atoms with Gasteiger partial charge in [-0.1, -0.05) is 23.7 Å². The summed E-state index contributed by atoms with van der Waals surface area (Å²) in [6.45, 7) is 0. The van der Waals surface area contributed by atoms with Crippen molar-refractivity contribution in [3.8, 4) is 34.0 Å². The molecule has 6 rings (SSSR count). The molecule has 13 nitrogen and oxygen atoms in total. The Morgan fingerprint density at radius 3 is 1.63 bits per heavy atom. The summed E-state index contributed by atoms with van der Waals surface area (Å²) in [5.74, 6) is -4.33. The molecule has 4 aromatic heterocycles. The second-order valence-electron chi connectivity index (χ2n) is 10.7. The number of amides is 2. The fourth-order valence-corrected chi connectivity index (χ4v) is 4.99. The third kappa shape index (κ3) is 7.94. The SMILES string of the molecule is COc1cc(=O)[nH]cc1-c1cc(C(=O)Nc2c(F)cccc2F)nn1C.COc1cc(Cl)ncc1-c1cc(C(=O)Nc2c(F)cccc2F)nn1C. The molecule has 268 valence electrons. The van der Waals surface area contributed by atoms with Gasteiger partial charge in [0.25, 0.3) is 17.4 Å². The van der Waals surface area contributed by atoms with E-state index in [2.05, 4.69) is 30.8 Å². The Morgan fingerprint density at radius 2 is 1.17 bits per heavy atom. The first kappa shape index (κ1) is 36.8. The number of nitrogens with zero attached hydrogens (tertiary/aromatic N) is 5. The Kier molecular flexibility index (Phi) is 11.0. The highest BCUT2D eigenvalue weighted by molar-refractivity contribution is 6.29. The number of methoxy groups -OCH3 is 2. The number of anilines is 2. The topological polar surface area (TPSA) is 158 Å². The van der Waals surface area contributed by atoms with Crippen molar-refractivity contribution in [3.05, 3.63) is 123 Å². The van der Waals surface area contributed by atoms with Crippen molar-refractivity contribution in [1.29, 1.82) is 0 Å². The van der Waals surface area contributed by atoms with Crippen molar-refractivity contribution in [1.82, 2.24) is 29.5 Å². The number of aryl methyl sites for hydroxylation is 2. The van der Waals surface area contributed by atoms with Gasteiger partial charge in [-0.2, -0.15) is 10.2 Å². The average molecular weight is 739 g/mol. The molecule has 0 saturated heterocycles. The van der Waals surface area contributed by atoms with Crippen molar-refractivity contribution in [3.63, 3.8) is 0 Å². The van der Waals surface area contributed by atoms with E-state index in [1.807, 2.05) is 0 Å². The van der Waals surface area contributed by atoms with E-state index >= 15 is 0 Å². The number of para-hydroxylation sites is 2. The number of carbonyl (C=O) groups excluding carboxylic acids is 2. The van der Waals surface area contributed by atoms with Gasteiger partial charge in [0.1, 0.15) is 51.3 Å². The number of H-pyrrole nitrogens is 1. The molecule has 0 aliphatic carbocycles. The number of hydrogen-bond acceptors (Lipinski definition) is 8. The Balaban J connectivity index is 0.000000201. The summed E-state index contributed by atoms with van der Waals surface area (Å²) >= 11 is 5.85. The predicted molar refractivity (Wildman–Crippen MR) is 182 cm³/mol. The number of rotatable bonds is 8. The molecule has 0 aliphatic rings. The average Bonchev–Trinajstić information content (AvgIpc) is 3.70. The molecule has 6 aromatic rings. The number of aromatic amines is 1. The quantitative estimate of drug-likeness (QED) is 0.127. The van der Waals surface area contributed by atoms with E-state index in [1.165, 1.54) is 72.4 Å². The van der Waals surface area contributed by atoms with E-state index < -0.39 is 46.5 Å². The fourth-order valence-electron chi connectivity index (χ4n) is 4.85. The maximum atomic E-state index is 13.7. The van der Waals surface area contributed by atoms with Crippen molar-refractivity contribution in [2.45, 2.75) is 0 Å². The van der Waals surface area contributed by atoms with Crippen LogP contribution < -0.4 is 25.7 Å². The molecule has 0 atom stereocenters. The summed E-state index contributed by atoms with van der Waals surface area (Å²) in [6, 6.07) is 12.2. The van der Waals surface area contributed by atoms with Gasteiger partial charge >= 0.3 is 0 Å². The Morgan fingerprint density at radius 1 is 0.731 bits per heavy atom. The molecule has 0 radical (unpaired) electrons. The van der Waals surface area contributed by atoms with Crippen LogP contribution in [0.2, 0.25) is 5.15 Å². The van der Waals surface area contributed by atoms with Crippen LogP contribution in [0.3, 0.4) is 0 Å². The van der Waals surface area contributed by atoms with Gasteiger partial charge in [0.05, 0.1) is 36.7 Å². The van der Waals surface area contributed by atoms with Crippen LogP contribution in [0.1, 0.15) is 21.0 Å². The Bertz CT molecular complexity index is 2320. The zero-order valence-electron chi connectivity index (χ0n) is 27.6. The summed E-state index contributed by atoms with van der Waals surface area (Å²) in [5, 5.41) is 12.7. The molecule has 0 fully saturated rings. The number of halogens is 5. The van der Waals surface area contributed by atoms with Crippen molar-refractivity contribution < 1.29 is 36.6 Å². The summed E-state index contributed by atoms with van der Waals surface area (Å²) in [6.07, 6.45) is 2.91.